The van der Waals surface area contributed by atoms with Crippen molar-refractivity contribution >= 4 is 17.5 Å². The number of carbonyl (C=O) groups excluding carboxylic acids is 2. The molecule has 0 aromatic carbocycles. The summed E-state index contributed by atoms with van der Waals surface area (Å²) in [6, 6.07) is 4.21. The number of pyridine rings is 1. The summed E-state index contributed by atoms with van der Waals surface area (Å²) >= 11 is 0. The van der Waals surface area contributed by atoms with Crippen LogP contribution in [0.1, 0.15) is 38.5 Å². The SMILES string of the molecule is O=C(NCC1CCN(c2cccnc2)CC1)C(=O)NC1CCCC1. The molecule has 1 aromatic rings. The van der Waals surface area contributed by atoms with Crippen molar-refractivity contribution in [1.82, 2.24) is 15.6 Å². The summed E-state index contributed by atoms with van der Waals surface area (Å²) < 4.78 is 0. The van der Waals surface area contributed by atoms with Crippen LogP contribution < -0.4 is 15.5 Å². The van der Waals surface area contributed by atoms with Crippen LogP contribution in [0.15, 0.2) is 24.5 Å². The van der Waals surface area contributed by atoms with E-state index in [-0.39, 0.29) is 6.04 Å². The predicted octanol–water partition coefficient (Wildman–Crippen LogP) is 1.47. The van der Waals surface area contributed by atoms with Gasteiger partial charge in [-0.1, -0.05) is 12.8 Å². The minimum atomic E-state index is -0.489. The monoisotopic (exact) mass is 330 g/mol. The predicted molar refractivity (Wildman–Crippen MR) is 92.6 cm³/mol. The largest absolute Gasteiger partial charge is 0.370 e. The molecule has 2 N–H and O–H groups in total. The first-order valence-corrected chi connectivity index (χ1v) is 8.96. The van der Waals surface area contributed by atoms with Crippen molar-refractivity contribution in [3.63, 3.8) is 0 Å². The van der Waals surface area contributed by atoms with Crippen LogP contribution in [0.25, 0.3) is 0 Å². The lowest BCUT2D eigenvalue weighted by Gasteiger charge is -2.33. The molecule has 2 heterocycles. The van der Waals surface area contributed by atoms with E-state index in [4.69, 9.17) is 0 Å². The van der Waals surface area contributed by atoms with Gasteiger partial charge in [0.1, 0.15) is 0 Å². The second-order valence-electron chi connectivity index (χ2n) is 6.81. The van der Waals surface area contributed by atoms with Crippen LogP contribution >= 0.6 is 0 Å². The van der Waals surface area contributed by atoms with Crippen molar-refractivity contribution in [3.05, 3.63) is 24.5 Å². The molecule has 0 radical (unpaired) electrons. The molecule has 0 bridgehead atoms. The van der Waals surface area contributed by atoms with Gasteiger partial charge in [0, 0.05) is 31.9 Å². The van der Waals surface area contributed by atoms with Crippen molar-refractivity contribution in [1.29, 1.82) is 0 Å². The molecule has 0 spiro atoms. The summed E-state index contributed by atoms with van der Waals surface area (Å²) in [7, 11) is 0. The highest BCUT2D eigenvalue weighted by Gasteiger charge is 2.23. The standard InChI is InChI=1S/C18H26N4O2/c23-17(18(24)21-15-4-1-2-5-15)20-12-14-7-10-22(11-8-14)16-6-3-9-19-13-16/h3,6,9,13-15H,1-2,4-5,7-8,10-12H2,(H,20,23)(H,21,24). The van der Waals surface area contributed by atoms with Crippen molar-refractivity contribution in [2.75, 3.05) is 24.5 Å². The van der Waals surface area contributed by atoms with Gasteiger partial charge in [-0.15, -0.1) is 0 Å². The Kier molecular flexibility index (Phi) is 5.67. The zero-order valence-electron chi connectivity index (χ0n) is 14.0. The summed E-state index contributed by atoms with van der Waals surface area (Å²) in [6.45, 7) is 2.50. The third-order valence-corrected chi connectivity index (χ3v) is 5.07. The number of aromatic nitrogens is 1. The molecule has 1 aliphatic carbocycles. The Morgan fingerprint density at radius 1 is 1.12 bits per heavy atom. The summed E-state index contributed by atoms with van der Waals surface area (Å²) in [5.41, 5.74) is 1.15. The number of carbonyl (C=O) groups is 2. The Bertz CT molecular complexity index is 549. The van der Waals surface area contributed by atoms with Gasteiger partial charge in [0.2, 0.25) is 0 Å². The van der Waals surface area contributed by atoms with Crippen LogP contribution in [0, 0.1) is 5.92 Å². The molecule has 6 heteroatoms. The third kappa shape index (κ3) is 4.46. The Balaban J connectivity index is 1.37. The van der Waals surface area contributed by atoms with Crippen LogP contribution in [-0.4, -0.2) is 42.5 Å². The number of nitrogens with zero attached hydrogens (tertiary/aromatic N) is 2. The number of hydrogen-bond donors (Lipinski definition) is 2. The second-order valence-corrected chi connectivity index (χ2v) is 6.81. The van der Waals surface area contributed by atoms with Crippen molar-refractivity contribution < 1.29 is 9.59 Å². The van der Waals surface area contributed by atoms with E-state index in [2.05, 4.69) is 26.6 Å². The highest BCUT2D eigenvalue weighted by atomic mass is 16.2. The zero-order valence-corrected chi connectivity index (χ0v) is 14.0. The Morgan fingerprint density at radius 2 is 1.88 bits per heavy atom. The molecule has 1 aromatic heterocycles. The van der Waals surface area contributed by atoms with Gasteiger partial charge in [-0.3, -0.25) is 14.6 Å². The minimum Gasteiger partial charge on any atom is -0.370 e. The van der Waals surface area contributed by atoms with E-state index < -0.39 is 11.8 Å². The molecule has 24 heavy (non-hydrogen) atoms. The first-order chi connectivity index (χ1) is 11.7. The molecule has 2 aliphatic rings. The maximum atomic E-state index is 11.9. The van der Waals surface area contributed by atoms with Gasteiger partial charge in [0.05, 0.1) is 11.9 Å². The van der Waals surface area contributed by atoms with Crippen LogP contribution in [0.5, 0.6) is 0 Å². The van der Waals surface area contributed by atoms with E-state index in [1.165, 1.54) is 0 Å². The van der Waals surface area contributed by atoms with Crippen LogP contribution in [0.2, 0.25) is 0 Å². The Hall–Kier alpha value is -2.11. The number of anilines is 1. The van der Waals surface area contributed by atoms with Gasteiger partial charge < -0.3 is 15.5 Å². The first-order valence-electron chi connectivity index (χ1n) is 8.96. The van der Waals surface area contributed by atoms with Gasteiger partial charge in [-0.05, 0) is 43.7 Å². The van der Waals surface area contributed by atoms with E-state index in [9.17, 15) is 9.59 Å². The molecule has 1 saturated carbocycles. The number of amides is 2. The summed E-state index contributed by atoms with van der Waals surface area (Å²) in [5, 5.41) is 5.63. The summed E-state index contributed by atoms with van der Waals surface area (Å²) in [6.07, 6.45) is 9.96. The van der Waals surface area contributed by atoms with Crippen molar-refractivity contribution in [3.8, 4) is 0 Å². The number of nitrogens with one attached hydrogen (secondary N) is 2. The topological polar surface area (TPSA) is 74.3 Å². The maximum absolute atomic E-state index is 11.9. The van der Waals surface area contributed by atoms with Crippen molar-refractivity contribution in [2.45, 2.75) is 44.6 Å². The van der Waals surface area contributed by atoms with E-state index in [1.807, 2.05) is 12.3 Å². The van der Waals surface area contributed by atoms with Gasteiger partial charge in [-0.2, -0.15) is 0 Å². The number of piperidine rings is 1. The van der Waals surface area contributed by atoms with E-state index in [1.54, 1.807) is 6.20 Å². The molecule has 0 atom stereocenters. The molecule has 1 saturated heterocycles. The molecule has 2 fully saturated rings. The van der Waals surface area contributed by atoms with Gasteiger partial charge >= 0.3 is 11.8 Å². The minimum absolute atomic E-state index is 0.186. The van der Waals surface area contributed by atoms with Gasteiger partial charge in [0.25, 0.3) is 0 Å². The molecule has 3 rings (SSSR count). The van der Waals surface area contributed by atoms with E-state index >= 15 is 0 Å². The Morgan fingerprint density at radius 3 is 2.54 bits per heavy atom. The van der Waals surface area contributed by atoms with Crippen LogP contribution in [0.3, 0.4) is 0 Å². The lowest BCUT2D eigenvalue weighted by molar-refractivity contribution is -0.139. The van der Waals surface area contributed by atoms with Crippen LogP contribution in [0.4, 0.5) is 5.69 Å². The fourth-order valence-electron chi connectivity index (χ4n) is 3.57. The highest BCUT2D eigenvalue weighted by Crippen LogP contribution is 2.22. The third-order valence-electron chi connectivity index (χ3n) is 5.07. The van der Waals surface area contributed by atoms with E-state index in [0.29, 0.717) is 12.5 Å². The maximum Gasteiger partial charge on any atom is 0.309 e. The van der Waals surface area contributed by atoms with Gasteiger partial charge in [0.15, 0.2) is 0 Å². The molecular formula is C18H26N4O2. The summed E-state index contributed by atoms with van der Waals surface area (Å²) in [5.74, 6) is -0.535. The summed E-state index contributed by atoms with van der Waals surface area (Å²) in [4.78, 5) is 30.3. The molecule has 1 aliphatic heterocycles. The second kappa shape index (κ2) is 8.13. The smallest absolute Gasteiger partial charge is 0.309 e. The normalized spacial score (nSPS) is 19.2. The molecule has 0 unspecified atom stereocenters. The molecular weight excluding hydrogens is 304 g/mol. The number of hydrogen-bond acceptors (Lipinski definition) is 4. The lowest BCUT2D eigenvalue weighted by Crippen LogP contribution is -2.46. The van der Waals surface area contributed by atoms with Crippen molar-refractivity contribution in [2.24, 2.45) is 5.92 Å². The average Bonchev–Trinajstić information content (AvgIpc) is 3.14. The first kappa shape index (κ1) is 16.7. The lowest BCUT2D eigenvalue weighted by atomic mass is 9.96. The van der Waals surface area contributed by atoms with Gasteiger partial charge in [-0.25, -0.2) is 0 Å². The average molecular weight is 330 g/mol. The molecule has 130 valence electrons. The molecule has 6 nitrogen and oxygen atoms in total. The zero-order chi connectivity index (χ0) is 16.8. The number of rotatable bonds is 4. The van der Waals surface area contributed by atoms with Crippen LogP contribution in [-0.2, 0) is 9.59 Å². The quantitative estimate of drug-likeness (QED) is 0.820. The Labute approximate surface area is 143 Å². The highest BCUT2D eigenvalue weighted by molar-refractivity contribution is 6.35. The van der Waals surface area contributed by atoms with E-state index in [0.717, 1.165) is 57.3 Å². The molecule has 2 amide bonds. The fourth-order valence-corrected chi connectivity index (χ4v) is 3.57. The fraction of sp³-hybridized carbons (Fsp3) is 0.611.